The summed E-state index contributed by atoms with van der Waals surface area (Å²) in [5, 5.41) is 3.48. The Balaban J connectivity index is 3.71. The van der Waals surface area contributed by atoms with Crippen LogP contribution in [0.5, 0.6) is 0 Å². The fourth-order valence-corrected chi connectivity index (χ4v) is 1.46. The Hall–Kier alpha value is -0.0800. The Kier molecular flexibility index (Phi) is 8.96. The van der Waals surface area contributed by atoms with Crippen LogP contribution in [0.15, 0.2) is 0 Å². The highest BCUT2D eigenvalue weighted by Gasteiger charge is 2.13. The summed E-state index contributed by atoms with van der Waals surface area (Å²) in [6.45, 7) is 16.4. The molecule has 0 aliphatic heterocycles. The van der Waals surface area contributed by atoms with Crippen molar-refractivity contribution in [3.63, 3.8) is 0 Å². The Morgan fingerprint density at radius 3 is 1.94 bits per heavy atom. The molecule has 16 heavy (non-hydrogen) atoms. The lowest BCUT2D eigenvalue weighted by Gasteiger charge is -2.23. The molecule has 1 unspecified atom stereocenters. The minimum atomic E-state index is 0.359. The first-order valence-corrected chi connectivity index (χ1v) is 6.75. The molecule has 0 heterocycles. The van der Waals surface area contributed by atoms with Crippen LogP contribution >= 0.6 is 0 Å². The molecule has 0 rings (SSSR count). The van der Waals surface area contributed by atoms with Crippen LogP contribution in [-0.2, 0) is 4.74 Å². The Labute approximate surface area is 102 Å². The van der Waals surface area contributed by atoms with E-state index in [4.69, 9.17) is 4.74 Å². The summed E-state index contributed by atoms with van der Waals surface area (Å²) in [7, 11) is 0. The van der Waals surface area contributed by atoms with Gasteiger partial charge in [0, 0.05) is 13.2 Å². The molecule has 0 spiro atoms. The van der Waals surface area contributed by atoms with Crippen molar-refractivity contribution < 1.29 is 4.74 Å². The van der Waals surface area contributed by atoms with E-state index < -0.39 is 0 Å². The summed E-state index contributed by atoms with van der Waals surface area (Å²) in [4.78, 5) is 0. The first-order chi connectivity index (χ1) is 7.43. The van der Waals surface area contributed by atoms with Crippen molar-refractivity contribution in [3.05, 3.63) is 0 Å². The van der Waals surface area contributed by atoms with Crippen LogP contribution in [0.1, 0.15) is 48.0 Å². The molecule has 0 aromatic rings. The smallest absolute Gasteiger partial charge is 0.0722 e. The molecule has 1 N–H and O–H groups in total. The molecule has 0 fully saturated rings. The summed E-state index contributed by atoms with van der Waals surface area (Å²) in [5.41, 5.74) is 0. The number of ether oxygens (including phenoxy) is 1. The maximum Gasteiger partial charge on any atom is 0.0722 e. The van der Waals surface area contributed by atoms with Crippen molar-refractivity contribution in [1.29, 1.82) is 0 Å². The van der Waals surface area contributed by atoms with E-state index in [1.54, 1.807) is 0 Å². The largest absolute Gasteiger partial charge is 0.377 e. The van der Waals surface area contributed by atoms with Crippen molar-refractivity contribution in [3.8, 4) is 0 Å². The van der Waals surface area contributed by atoms with Crippen LogP contribution in [0.25, 0.3) is 0 Å². The Morgan fingerprint density at radius 2 is 1.50 bits per heavy atom. The van der Waals surface area contributed by atoms with Crippen LogP contribution in [0, 0.1) is 17.8 Å². The fourth-order valence-electron chi connectivity index (χ4n) is 1.46. The maximum absolute atomic E-state index is 5.93. The molecule has 1 atom stereocenters. The van der Waals surface area contributed by atoms with E-state index in [0.717, 1.165) is 32.0 Å². The van der Waals surface area contributed by atoms with E-state index in [1.165, 1.54) is 0 Å². The zero-order valence-corrected chi connectivity index (χ0v) is 12.0. The van der Waals surface area contributed by atoms with E-state index in [0.29, 0.717) is 17.9 Å². The standard InChI is InChI=1S/C14H31NO/c1-11(2)7-8-16-14(13(5)6)10-15-9-12(3)4/h11-15H,7-10H2,1-6H3. The molecule has 0 aromatic carbocycles. The highest BCUT2D eigenvalue weighted by molar-refractivity contribution is 4.66. The molecule has 2 nitrogen and oxygen atoms in total. The molecule has 0 saturated carbocycles. The zero-order valence-electron chi connectivity index (χ0n) is 12.0. The van der Waals surface area contributed by atoms with Crippen LogP contribution < -0.4 is 5.32 Å². The lowest BCUT2D eigenvalue weighted by Crippen LogP contribution is -2.35. The number of hydrogen-bond acceptors (Lipinski definition) is 2. The molecule has 0 aliphatic carbocycles. The highest BCUT2D eigenvalue weighted by atomic mass is 16.5. The average molecular weight is 229 g/mol. The molecule has 98 valence electrons. The van der Waals surface area contributed by atoms with Crippen molar-refractivity contribution in [2.75, 3.05) is 19.7 Å². The summed E-state index contributed by atoms with van der Waals surface area (Å²) in [6, 6.07) is 0. The second kappa shape index (κ2) is 9.00. The zero-order chi connectivity index (χ0) is 12.6. The van der Waals surface area contributed by atoms with E-state index in [2.05, 4.69) is 46.9 Å². The SMILES string of the molecule is CC(C)CCOC(CNCC(C)C)C(C)C. The van der Waals surface area contributed by atoms with Gasteiger partial charge in [-0.05, 0) is 30.7 Å². The fraction of sp³-hybridized carbons (Fsp3) is 1.00. The normalized spacial score (nSPS) is 14.1. The summed E-state index contributed by atoms with van der Waals surface area (Å²) < 4.78 is 5.93. The number of rotatable bonds is 9. The average Bonchev–Trinajstić information content (AvgIpc) is 2.14. The lowest BCUT2D eigenvalue weighted by molar-refractivity contribution is 0.0172. The van der Waals surface area contributed by atoms with Gasteiger partial charge in [-0.1, -0.05) is 41.5 Å². The Bertz CT molecular complexity index is 141. The van der Waals surface area contributed by atoms with E-state index >= 15 is 0 Å². The third kappa shape index (κ3) is 9.17. The second-order valence-electron chi connectivity index (χ2n) is 5.89. The van der Waals surface area contributed by atoms with Crippen LogP contribution in [0.4, 0.5) is 0 Å². The van der Waals surface area contributed by atoms with Gasteiger partial charge in [-0.2, -0.15) is 0 Å². The number of hydrogen-bond donors (Lipinski definition) is 1. The first kappa shape index (κ1) is 15.9. The summed E-state index contributed by atoms with van der Waals surface area (Å²) in [5.74, 6) is 2.03. The van der Waals surface area contributed by atoms with Crippen LogP contribution in [0.3, 0.4) is 0 Å². The third-order valence-electron chi connectivity index (χ3n) is 2.67. The second-order valence-corrected chi connectivity index (χ2v) is 5.89. The molecule has 0 bridgehead atoms. The van der Waals surface area contributed by atoms with Gasteiger partial charge in [0.25, 0.3) is 0 Å². The third-order valence-corrected chi connectivity index (χ3v) is 2.67. The van der Waals surface area contributed by atoms with Crippen molar-refractivity contribution in [2.24, 2.45) is 17.8 Å². The van der Waals surface area contributed by atoms with Gasteiger partial charge in [-0.25, -0.2) is 0 Å². The van der Waals surface area contributed by atoms with Crippen LogP contribution in [0.2, 0.25) is 0 Å². The molecule has 0 aromatic heterocycles. The molecule has 0 amide bonds. The van der Waals surface area contributed by atoms with Gasteiger partial charge >= 0.3 is 0 Å². The minimum Gasteiger partial charge on any atom is -0.377 e. The molecule has 0 saturated heterocycles. The molecule has 0 aliphatic rings. The summed E-state index contributed by atoms with van der Waals surface area (Å²) in [6.07, 6.45) is 1.52. The van der Waals surface area contributed by atoms with E-state index in [-0.39, 0.29) is 0 Å². The molecular weight excluding hydrogens is 198 g/mol. The minimum absolute atomic E-state index is 0.359. The van der Waals surface area contributed by atoms with Gasteiger partial charge in [0.15, 0.2) is 0 Å². The molecular formula is C14H31NO. The predicted octanol–water partition coefficient (Wildman–Crippen LogP) is 3.32. The van der Waals surface area contributed by atoms with Gasteiger partial charge in [0.1, 0.15) is 0 Å². The van der Waals surface area contributed by atoms with Gasteiger partial charge in [-0.3, -0.25) is 0 Å². The van der Waals surface area contributed by atoms with Gasteiger partial charge in [0.2, 0.25) is 0 Å². The van der Waals surface area contributed by atoms with Gasteiger partial charge in [0.05, 0.1) is 6.10 Å². The quantitative estimate of drug-likeness (QED) is 0.655. The topological polar surface area (TPSA) is 21.3 Å². The van der Waals surface area contributed by atoms with Crippen LogP contribution in [-0.4, -0.2) is 25.8 Å². The molecule has 2 heteroatoms. The maximum atomic E-state index is 5.93. The first-order valence-electron chi connectivity index (χ1n) is 6.75. The summed E-state index contributed by atoms with van der Waals surface area (Å²) >= 11 is 0. The van der Waals surface area contributed by atoms with Crippen molar-refractivity contribution in [1.82, 2.24) is 5.32 Å². The van der Waals surface area contributed by atoms with Crippen molar-refractivity contribution in [2.45, 2.75) is 54.1 Å². The highest BCUT2D eigenvalue weighted by Crippen LogP contribution is 2.08. The lowest BCUT2D eigenvalue weighted by atomic mass is 10.1. The van der Waals surface area contributed by atoms with Crippen molar-refractivity contribution >= 4 is 0 Å². The monoisotopic (exact) mass is 229 g/mol. The predicted molar refractivity (Wildman–Crippen MR) is 71.7 cm³/mol. The Morgan fingerprint density at radius 1 is 0.875 bits per heavy atom. The van der Waals surface area contributed by atoms with Gasteiger partial charge in [-0.15, -0.1) is 0 Å². The van der Waals surface area contributed by atoms with E-state index in [9.17, 15) is 0 Å². The number of nitrogens with one attached hydrogen (secondary N) is 1. The molecule has 0 radical (unpaired) electrons. The van der Waals surface area contributed by atoms with Gasteiger partial charge < -0.3 is 10.1 Å². The van der Waals surface area contributed by atoms with E-state index in [1.807, 2.05) is 0 Å².